The van der Waals surface area contributed by atoms with E-state index in [1.165, 1.54) is 10.7 Å². The molecule has 0 spiro atoms. The SMILES string of the molecule is CC1CCCCC1NC(=O)CCNC(=O)C1CCN(S(=O)(=O)c2ccccc2)CC1. The van der Waals surface area contributed by atoms with Crippen molar-refractivity contribution in [2.75, 3.05) is 19.6 Å². The van der Waals surface area contributed by atoms with Crippen LogP contribution in [0.5, 0.6) is 0 Å². The molecule has 2 amide bonds. The minimum atomic E-state index is -3.51. The number of rotatable bonds is 7. The normalized spacial score (nSPS) is 23.6. The van der Waals surface area contributed by atoms with Gasteiger partial charge in [-0.3, -0.25) is 9.59 Å². The molecule has 7 nitrogen and oxygen atoms in total. The van der Waals surface area contributed by atoms with Gasteiger partial charge in [-0.25, -0.2) is 8.42 Å². The number of nitrogens with zero attached hydrogens (tertiary/aromatic N) is 1. The van der Waals surface area contributed by atoms with Gasteiger partial charge in [-0.2, -0.15) is 4.31 Å². The molecule has 2 unspecified atom stereocenters. The van der Waals surface area contributed by atoms with Crippen molar-refractivity contribution in [1.29, 1.82) is 0 Å². The van der Waals surface area contributed by atoms with Crippen LogP contribution < -0.4 is 10.6 Å². The second-order valence-electron chi connectivity index (χ2n) is 8.47. The van der Waals surface area contributed by atoms with Crippen LogP contribution in [-0.4, -0.2) is 50.2 Å². The molecule has 1 heterocycles. The molecule has 2 aliphatic rings. The number of amides is 2. The van der Waals surface area contributed by atoms with E-state index in [9.17, 15) is 18.0 Å². The molecular formula is C22H33N3O4S. The molecule has 1 aromatic carbocycles. The van der Waals surface area contributed by atoms with Gasteiger partial charge in [0.15, 0.2) is 0 Å². The number of benzene rings is 1. The smallest absolute Gasteiger partial charge is 0.243 e. The van der Waals surface area contributed by atoms with Gasteiger partial charge in [0, 0.05) is 38.0 Å². The number of carbonyl (C=O) groups excluding carboxylic acids is 2. The highest BCUT2D eigenvalue weighted by Gasteiger charge is 2.32. The topological polar surface area (TPSA) is 95.6 Å². The number of hydrogen-bond acceptors (Lipinski definition) is 4. The van der Waals surface area contributed by atoms with Crippen molar-refractivity contribution >= 4 is 21.8 Å². The van der Waals surface area contributed by atoms with Crippen molar-refractivity contribution in [2.45, 2.75) is 62.8 Å². The van der Waals surface area contributed by atoms with Crippen LogP contribution in [0.1, 0.15) is 51.9 Å². The Labute approximate surface area is 179 Å². The maximum Gasteiger partial charge on any atom is 0.243 e. The van der Waals surface area contributed by atoms with E-state index in [-0.39, 0.29) is 35.1 Å². The summed E-state index contributed by atoms with van der Waals surface area (Å²) in [4.78, 5) is 24.9. The Kier molecular flexibility index (Phi) is 7.88. The van der Waals surface area contributed by atoms with Crippen LogP contribution in [0.4, 0.5) is 0 Å². The number of sulfonamides is 1. The Balaban J connectivity index is 1.39. The molecule has 1 saturated heterocycles. The molecule has 2 N–H and O–H groups in total. The zero-order valence-corrected chi connectivity index (χ0v) is 18.5. The lowest BCUT2D eigenvalue weighted by molar-refractivity contribution is -0.126. The number of piperidine rings is 1. The van der Waals surface area contributed by atoms with E-state index >= 15 is 0 Å². The molecule has 0 bridgehead atoms. The molecule has 0 radical (unpaired) electrons. The van der Waals surface area contributed by atoms with E-state index in [4.69, 9.17) is 0 Å². The lowest BCUT2D eigenvalue weighted by Crippen LogP contribution is -2.44. The zero-order valence-electron chi connectivity index (χ0n) is 17.7. The van der Waals surface area contributed by atoms with E-state index in [0.29, 0.717) is 38.4 Å². The molecule has 1 aromatic rings. The summed E-state index contributed by atoms with van der Waals surface area (Å²) in [5.41, 5.74) is 0. The lowest BCUT2D eigenvalue weighted by atomic mass is 9.86. The predicted molar refractivity (Wildman–Crippen MR) is 115 cm³/mol. The van der Waals surface area contributed by atoms with Crippen LogP contribution >= 0.6 is 0 Å². The van der Waals surface area contributed by atoms with Gasteiger partial charge in [0.2, 0.25) is 21.8 Å². The van der Waals surface area contributed by atoms with Crippen molar-refractivity contribution in [2.24, 2.45) is 11.8 Å². The summed E-state index contributed by atoms with van der Waals surface area (Å²) in [6.07, 6.45) is 5.83. The summed E-state index contributed by atoms with van der Waals surface area (Å²) in [7, 11) is -3.51. The van der Waals surface area contributed by atoms with Crippen LogP contribution in [-0.2, 0) is 19.6 Å². The average molecular weight is 436 g/mol. The first-order valence-corrected chi connectivity index (χ1v) is 12.4. The Morgan fingerprint density at radius 3 is 2.37 bits per heavy atom. The third-order valence-corrected chi connectivity index (χ3v) is 8.23. The summed E-state index contributed by atoms with van der Waals surface area (Å²) in [6.45, 7) is 3.15. The van der Waals surface area contributed by atoms with E-state index in [1.54, 1.807) is 30.3 Å². The maximum absolute atomic E-state index is 12.7. The van der Waals surface area contributed by atoms with Crippen LogP contribution in [0.15, 0.2) is 35.2 Å². The average Bonchev–Trinajstić information content (AvgIpc) is 2.76. The van der Waals surface area contributed by atoms with Crippen LogP contribution in [0, 0.1) is 11.8 Å². The number of carbonyl (C=O) groups is 2. The first kappa shape index (κ1) is 22.7. The van der Waals surface area contributed by atoms with Gasteiger partial charge >= 0.3 is 0 Å². The van der Waals surface area contributed by atoms with Gasteiger partial charge in [0.1, 0.15) is 0 Å². The standard InChI is InChI=1S/C22H33N3O4S/c1-17-7-5-6-10-20(17)24-21(26)11-14-23-22(27)18-12-15-25(16-13-18)30(28,29)19-8-3-2-4-9-19/h2-4,8-9,17-18,20H,5-7,10-16H2,1H3,(H,23,27)(H,24,26). The molecular weight excluding hydrogens is 402 g/mol. The molecule has 1 aliphatic carbocycles. The van der Waals surface area contributed by atoms with Crippen LogP contribution in [0.2, 0.25) is 0 Å². The minimum Gasteiger partial charge on any atom is -0.355 e. The Morgan fingerprint density at radius 2 is 1.70 bits per heavy atom. The Bertz CT molecular complexity index is 820. The third-order valence-electron chi connectivity index (χ3n) is 6.31. The summed E-state index contributed by atoms with van der Waals surface area (Å²) in [6, 6.07) is 8.63. The summed E-state index contributed by atoms with van der Waals surface area (Å²) >= 11 is 0. The van der Waals surface area contributed by atoms with E-state index in [0.717, 1.165) is 19.3 Å². The van der Waals surface area contributed by atoms with Crippen LogP contribution in [0.3, 0.4) is 0 Å². The Hall–Kier alpha value is -1.93. The van der Waals surface area contributed by atoms with Gasteiger partial charge in [-0.15, -0.1) is 0 Å². The van der Waals surface area contributed by atoms with E-state index < -0.39 is 10.0 Å². The van der Waals surface area contributed by atoms with Crippen molar-refractivity contribution in [3.05, 3.63) is 30.3 Å². The summed E-state index contributed by atoms with van der Waals surface area (Å²) in [5, 5.41) is 5.95. The third kappa shape index (κ3) is 5.82. The first-order valence-electron chi connectivity index (χ1n) is 11.0. The molecule has 2 atom stereocenters. The highest BCUT2D eigenvalue weighted by Crippen LogP contribution is 2.24. The monoisotopic (exact) mass is 435 g/mol. The zero-order chi connectivity index (χ0) is 21.6. The molecule has 166 valence electrons. The van der Waals surface area contributed by atoms with Gasteiger partial charge in [-0.1, -0.05) is 38.0 Å². The van der Waals surface area contributed by atoms with Gasteiger partial charge in [0.05, 0.1) is 4.90 Å². The minimum absolute atomic E-state index is 0.0159. The van der Waals surface area contributed by atoms with Crippen molar-refractivity contribution in [3.63, 3.8) is 0 Å². The number of nitrogens with one attached hydrogen (secondary N) is 2. The van der Waals surface area contributed by atoms with E-state index in [1.807, 2.05) is 0 Å². The maximum atomic E-state index is 12.7. The summed E-state index contributed by atoms with van der Waals surface area (Å²) < 4.78 is 26.8. The van der Waals surface area contributed by atoms with Crippen molar-refractivity contribution in [1.82, 2.24) is 14.9 Å². The Morgan fingerprint density at radius 1 is 1.03 bits per heavy atom. The van der Waals surface area contributed by atoms with Crippen molar-refractivity contribution in [3.8, 4) is 0 Å². The highest BCUT2D eigenvalue weighted by atomic mass is 32.2. The fraction of sp³-hybridized carbons (Fsp3) is 0.636. The largest absolute Gasteiger partial charge is 0.355 e. The van der Waals surface area contributed by atoms with Crippen molar-refractivity contribution < 1.29 is 18.0 Å². The molecule has 8 heteroatoms. The predicted octanol–water partition coefficient (Wildman–Crippen LogP) is 2.29. The fourth-order valence-corrected chi connectivity index (χ4v) is 5.84. The second-order valence-corrected chi connectivity index (χ2v) is 10.4. The van der Waals surface area contributed by atoms with Crippen LogP contribution in [0.25, 0.3) is 0 Å². The molecule has 2 fully saturated rings. The van der Waals surface area contributed by atoms with Gasteiger partial charge < -0.3 is 10.6 Å². The van der Waals surface area contributed by atoms with E-state index in [2.05, 4.69) is 17.6 Å². The summed E-state index contributed by atoms with van der Waals surface area (Å²) in [5.74, 6) is 0.187. The molecule has 0 aromatic heterocycles. The molecule has 30 heavy (non-hydrogen) atoms. The quantitative estimate of drug-likeness (QED) is 0.687. The fourth-order valence-electron chi connectivity index (χ4n) is 4.35. The number of hydrogen-bond donors (Lipinski definition) is 2. The highest BCUT2D eigenvalue weighted by molar-refractivity contribution is 7.89. The second kappa shape index (κ2) is 10.4. The molecule has 3 rings (SSSR count). The molecule has 1 aliphatic heterocycles. The van der Waals surface area contributed by atoms with Gasteiger partial charge in [-0.05, 0) is 43.7 Å². The first-order chi connectivity index (χ1) is 14.4. The van der Waals surface area contributed by atoms with Gasteiger partial charge in [0.25, 0.3) is 0 Å². The lowest BCUT2D eigenvalue weighted by Gasteiger charge is -2.30. The molecule has 1 saturated carbocycles.